The second-order valence-electron chi connectivity index (χ2n) is 7.07. The number of rotatable bonds is 9. The van der Waals surface area contributed by atoms with Gasteiger partial charge < -0.3 is 14.8 Å². The first-order valence-corrected chi connectivity index (χ1v) is 12.0. The lowest BCUT2D eigenvalue weighted by atomic mass is 10.2. The normalized spacial score (nSPS) is 11.6. The maximum absolute atomic E-state index is 12.8. The summed E-state index contributed by atoms with van der Waals surface area (Å²) in [5.74, 6) is -0.114. The Kier molecular flexibility index (Phi) is 8.13. The predicted molar refractivity (Wildman–Crippen MR) is 125 cm³/mol. The van der Waals surface area contributed by atoms with Gasteiger partial charge in [0.1, 0.15) is 11.5 Å². The van der Waals surface area contributed by atoms with E-state index in [1.165, 1.54) is 18.2 Å². The molecule has 0 heterocycles. The molecule has 0 spiro atoms. The molecule has 12 heteroatoms. The van der Waals surface area contributed by atoms with E-state index in [1.807, 2.05) is 6.92 Å². The molecule has 3 aromatic carbocycles. The van der Waals surface area contributed by atoms with Gasteiger partial charge in [-0.2, -0.15) is 13.2 Å². The molecule has 7 nitrogen and oxygen atoms in total. The van der Waals surface area contributed by atoms with Crippen LogP contribution in [-0.2, 0) is 21.0 Å². The van der Waals surface area contributed by atoms with Gasteiger partial charge in [0.2, 0.25) is 0 Å². The van der Waals surface area contributed by atoms with Gasteiger partial charge in [0.05, 0.1) is 22.1 Å². The van der Waals surface area contributed by atoms with E-state index in [2.05, 4.69) is 10.0 Å². The molecule has 0 bridgehead atoms. The van der Waals surface area contributed by atoms with E-state index in [0.29, 0.717) is 18.0 Å². The Morgan fingerprint density at radius 1 is 0.971 bits per heavy atom. The van der Waals surface area contributed by atoms with Crippen LogP contribution in [0.25, 0.3) is 0 Å². The molecule has 1 amide bonds. The van der Waals surface area contributed by atoms with Crippen LogP contribution in [0.15, 0.2) is 71.6 Å². The van der Waals surface area contributed by atoms with Crippen LogP contribution in [0.4, 0.5) is 24.5 Å². The standard InChI is InChI=1S/C23H20ClF3N2O5S/c1-2-33-18-8-6-16(7-9-18)29-35(31,32)19-10-11-21(20(24)13-19)34-14-22(30)28-17-5-3-4-15(12-17)23(25,26)27/h3-13,29H,2,14H2,1H3,(H,28,30). The molecule has 35 heavy (non-hydrogen) atoms. The summed E-state index contributed by atoms with van der Waals surface area (Å²) < 4.78 is 76.7. The van der Waals surface area contributed by atoms with Crippen molar-refractivity contribution in [3.63, 3.8) is 0 Å². The molecule has 0 atom stereocenters. The Balaban J connectivity index is 1.62. The van der Waals surface area contributed by atoms with Crippen molar-refractivity contribution >= 4 is 38.9 Å². The lowest BCUT2D eigenvalue weighted by Gasteiger charge is -2.12. The van der Waals surface area contributed by atoms with E-state index in [0.717, 1.165) is 24.3 Å². The number of carbonyl (C=O) groups is 1. The number of anilines is 2. The van der Waals surface area contributed by atoms with Crippen LogP contribution in [0.5, 0.6) is 11.5 Å². The fraction of sp³-hybridized carbons (Fsp3) is 0.174. The van der Waals surface area contributed by atoms with Gasteiger partial charge >= 0.3 is 6.18 Å². The van der Waals surface area contributed by atoms with Gasteiger partial charge in [-0.15, -0.1) is 0 Å². The molecule has 186 valence electrons. The van der Waals surface area contributed by atoms with Gasteiger partial charge in [0.15, 0.2) is 6.61 Å². The molecule has 0 saturated heterocycles. The Hall–Kier alpha value is -3.44. The highest BCUT2D eigenvalue weighted by molar-refractivity contribution is 7.92. The predicted octanol–water partition coefficient (Wildman–Crippen LogP) is 5.58. The third-order valence-electron chi connectivity index (χ3n) is 4.46. The van der Waals surface area contributed by atoms with Crippen molar-refractivity contribution in [1.82, 2.24) is 0 Å². The van der Waals surface area contributed by atoms with E-state index in [4.69, 9.17) is 21.1 Å². The highest BCUT2D eigenvalue weighted by Crippen LogP contribution is 2.31. The van der Waals surface area contributed by atoms with Gasteiger partial charge in [-0.05, 0) is 67.6 Å². The first kappa shape index (κ1) is 26.2. The summed E-state index contributed by atoms with van der Waals surface area (Å²) in [5.41, 5.74) is -0.646. The van der Waals surface area contributed by atoms with Crippen LogP contribution < -0.4 is 19.5 Å². The van der Waals surface area contributed by atoms with Crippen LogP contribution in [-0.4, -0.2) is 27.5 Å². The SMILES string of the molecule is CCOc1ccc(NS(=O)(=O)c2ccc(OCC(=O)Nc3cccc(C(F)(F)F)c3)c(Cl)c2)cc1. The minimum atomic E-state index is -4.55. The molecule has 0 radical (unpaired) electrons. The lowest BCUT2D eigenvalue weighted by molar-refractivity contribution is -0.137. The molecule has 3 rings (SSSR count). The minimum absolute atomic E-state index is 0.0193. The summed E-state index contributed by atoms with van der Waals surface area (Å²) in [4.78, 5) is 11.9. The molecule has 0 unspecified atom stereocenters. The quantitative estimate of drug-likeness (QED) is 0.378. The highest BCUT2D eigenvalue weighted by Gasteiger charge is 2.30. The second kappa shape index (κ2) is 10.9. The number of hydrogen-bond acceptors (Lipinski definition) is 5. The number of carbonyl (C=O) groups excluding carboxylic acids is 1. The molecule has 0 saturated carbocycles. The third kappa shape index (κ3) is 7.27. The number of sulfonamides is 1. The highest BCUT2D eigenvalue weighted by atomic mass is 35.5. The molecule has 2 N–H and O–H groups in total. The molecule has 0 aliphatic rings. The largest absolute Gasteiger partial charge is 0.494 e. The van der Waals surface area contributed by atoms with Crippen molar-refractivity contribution in [2.75, 3.05) is 23.3 Å². The fourth-order valence-electron chi connectivity index (χ4n) is 2.88. The fourth-order valence-corrected chi connectivity index (χ4v) is 4.26. The summed E-state index contributed by atoms with van der Waals surface area (Å²) in [6.45, 7) is 1.74. The molecule has 0 aliphatic heterocycles. The van der Waals surface area contributed by atoms with E-state index >= 15 is 0 Å². The number of ether oxygens (including phenoxy) is 2. The maximum atomic E-state index is 12.8. The van der Waals surface area contributed by atoms with Gasteiger partial charge in [-0.25, -0.2) is 8.42 Å². The number of hydrogen-bond donors (Lipinski definition) is 2. The second-order valence-corrected chi connectivity index (χ2v) is 9.16. The van der Waals surface area contributed by atoms with Crippen LogP contribution >= 0.6 is 11.6 Å². The van der Waals surface area contributed by atoms with E-state index in [1.54, 1.807) is 24.3 Å². The summed E-state index contributed by atoms with van der Waals surface area (Å²) in [6, 6.07) is 14.1. The third-order valence-corrected chi connectivity index (χ3v) is 6.14. The maximum Gasteiger partial charge on any atom is 0.416 e. The molecule has 0 fully saturated rings. The van der Waals surface area contributed by atoms with Crippen LogP contribution in [0.2, 0.25) is 5.02 Å². The number of halogens is 4. The summed E-state index contributed by atoms with van der Waals surface area (Å²) >= 11 is 6.12. The lowest BCUT2D eigenvalue weighted by Crippen LogP contribution is -2.20. The summed E-state index contributed by atoms with van der Waals surface area (Å²) in [7, 11) is -3.97. The van der Waals surface area contributed by atoms with E-state index in [9.17, 15) is 26.4 Å². The van der Waals surface area contributed by atoms with Gasteiger partial charge in [0, 0.05) is 11.4 Å². The van der Waals surface area contributed by atoms with Crippen molar-refractivity contribution in [3.8, 4) is 11.5 Å². The van der Waals surface area contributed by atoms with Crippen molar-refractivity contribution in [3.05, 3.63) is 77.3 Å². The Morgan fingerprint density at radius 3 is 2.31 bits per heavy atom. The van der Waals surface area contributed by atoms with Gasteiger partial charge in [-0.1, -0.05) is 17.7 Å². The van der Waals surface area contributed by atoms with Crippen molar-refractivity contribution < 1.29 is 35.9 Å². The Morgan fingerprint density at radius 2 is 1.69 bits per heavy atom. The molecule has 3 aromatic rings. The zero-order valence-corrected chi connectivity index (χ0v) is 19.8. The summed E-state index contributed by atoms with van der Waals surface area (Å²) in [5, 5.41) is 2.22. The summed E-state index contributed by atoms with van der Waals surface area (Å²) in [6.07, 6.45) is -4.55. The average molecular weight is 529 g/mol. The average Bonchev–Trinajstić information content (AvgIpc) is 2.79. The molecule has 0 aromatic heterocycles. The van der Waals surface area contributed by atoms with Crippen LogP contribution in [0.1, 0.15) is 12.5 Å². The van der Waals surface area contributed by atoms with Gasteiger partial charge in [-0.3, -0.25) is 9.52 Å². The smallest absolute Gasteiger partial charge is 0.416 e. The number of nitrogens with one attached hydrogen (secondary N) is 2. The van der Waals surface area contributed by atoms with Crippen LogP contribution in [0, 0.1) is 0 Å². The first-order chi connectivity index (χ1) is 16.5. The topological polar surface area (TPSA) is 93.7 Å². The van der Waals surface area contributed by atoms with Crippen molar-refractivity contribution in [2.24, 2.45) is 0 Å². The molecular formula is C23H20ClF3N2O5S. The number of benzene rings is 3. The Labute approximate surface area is 204 Å². The number of amides is 1. The minimum Gasteiger partial charge on any atom is -0.494 e. The zero-order valence-electron chi connectivity index (χ0n) is 18.2. The monoisotopic (exact) mass is 528 g/mol. The molecule has 0 aliphatic carbocycles. The van der Waals surface area contributed by atoms with E-state index < -0.39 is 34.3 Å². The van der Waals surface area contributed by atoms with Crippen molar-refractivity contribution in [1.29, 1.82) is 0 Å². The van der Waals surface area contributed by atoms with Crippen molar-refractivity contribution in [2.45, 2.75) is 18.0 Å². The first-order valence-electron chi connectivity index (χ1n) is 10.1. The molecular weight excluding hydrogens is 509 g/mol. The van der Waals surface area contributed by atoms with E-state index in [-0.39, 0.29) is 21.4 Å². The number of alkyl halides is 3. The Bertz CT molecular complexity index is 1300. The van der Waals surface area contributed by atoms with Gasteiger partial charge in [0.25, 0.3) is 15.9 Å². The zero-order chi connectivity index (χ0) is 25.6. The van der Waals surface area contributed by atoms with Crippen LogP contribution in [0.3, 0.4) is 0 Å².